The molecule has 0 unspecified atom stereocenters. The van der Waals surface area contributed by atoms with Crippen LogP contribution in [0.5, 0.6) is 0 Å². The Balaban J connectivity index is 2.19. The van der Waals surface area contributed by atoms with E-state index in [1.54, 1.807) is 0 Å². The van der Waals surface area contributed by atoms with Crippen molar-refractivity contribution in [3.05, 3.63) is 68.8 Å². The molecule has 2 rings (SSSR count). The van der Waals surface area contributed by atoms with E-state index in [1.165, 1.54) is 9.13 Å². The number of benzene rings is 2. The summed E-state index contributed by atoms with van der Waals surface area (Å²) in [6, 6.07) is 16.8. The van der Waals surface area contributed by atoms with E-state index in [9.17, 15) is 0 Å². The van der Waals surface area contributed by atoms with Gasteiger partial charge in [-0.3, -0.25) is 0 Å². The summed E-state index contributed by atoms with van der Waals surface area (Å²) in [7, 11) is 0. The van der Waals surface area contributed by atoms with Gasteiger partial charge < -0.3 is 0 Å². The highest BCUT2D eigenvalue weighted by molar-refractivity contribution is 14.1. The van der Waals surface area contributed by atoms with Gasteiger partial charge in [-0.05, 0) is 70.0 Å². The predicted octanol–water partition coefficient (Wildman–Crippen LogP) is 4.99. The molecule has 0 saturated carbocycles. The van der Waals surface area contributed by atoms with Gasteiger partial charge in [0.15, 0.2) is 0 Å². The highest BCUT2D eigenvalue weighted by Gasteiger charge is 2.12. The van der Waals surface area contributed by atoms with Crippen LogP contribution in [0.15, 0.2) is 48.5 Å². The van der Waals surface area contributed by atoms with E-state index in [-0.39, 0.29) is 5.41 Å². The Kier molecular flexibility index (Phi) is 4.31. The van der Waals surface area contributed by atoms with E-state index in [0.29, 0.717) is 0 Å². The van der Waals surface area contributed by atoms with Crippen molar-refractivity contribution in [2.24, 2.45) is 0 Å². The first-order valence-corrected chi connectivity index (χ1v) is 7.41. The van der Waals surface area contributed by atoms with E-state index in [1.807, 2.05) is 0 Å². The predicted molar refractivity (Wildman–Crippen MR) is 90.3 cm³/mol. The van der Waals surface area contributed by atoms with Gasteiger partial charge in [0.25, 0.3) is 0 Å². The lowest BCUT2D eigenvalue weighted by atomic mass is 9.87. The van der Waals surface area contributed by atoms with E-state index in [0.717, 1.165) is 11.1 Å². The van der Waals surface area contributed by atoms with Gasteiger partial charge in [-0.1, -0.05) is 44.7 Å². The Bertz CT molecular complexity index is 602. The topological polar surface area (TPSA) is 0 Å². The molecule has 0 spiro atoms. The third-order valence-corrected chi connectivity index (χ3v) is 3.67. The van der Waals surface area contributed by atoms with Gasteiger partial charge in [0, 0.05) is 14.7 Å². The van der Waals surface area contributed by atoms with Crippen molar-refractivity contribution in [1.82, 2.24) is 0 Å². The van der Waals surface area contributed by atoms with Crippen molar-refractivity contribution < 1.29 is 0 Å². The Morgan fingerprint density at radius 1 is 0.737 bits per heavy atom. The molecule has 0 nitrogen and oxygen atoms in total. The van der Waals surface area contributed by atoms with Crippen molar-refractivity contribution in [2.45, 2.75) is 26.2 Å². The highest BCUT2D eigenvalue weighted by Crippen LogP contribution is 2.21. The third kappa shape index (κ3) is 4.11. The molecule has 2 aromatic carbocycles. The summed E-state index contributed by atoms with van der Waals surface area (Å²) in [5, 5.41) is 0. The first-order valence-electron chi connectivity index (χ1n) is 6.33. The molecule has 0 heterocycles. The van der Waals surface area contributed by atoms with Crippen molar-refractivity contribution in [1.29, 1.82) is 0 Å². The fourth-order valence-corrected chi connectivity index (χ4v) is 2.09. The molecule has 0 N–H and O–H groups in total. The molecular weight excluding hydrogens is 343 g/mol. The largest absolute Gasteiger partial charge is 0.0617 e. The van der Waals surface area contributed by atoms with Gasteiger partial charge in [-0.2, -0.15) is 0 Å². The lowest BCUT2D eigenvalue weighted by Crippen LogP contribution is -2.10. The Morgan fingerprint density at radius 2 is 1.16 bits per heavy atom. The maximum Gasteiger partial charge on any atom is 0.0249 e. The molecule has 96 valence electrons. The minimum Gasteiger partial charge on any atom is -0.0617 e. The maximum absolute atomic E-state index is 3.21. The van der Waals surface area contributed by atoms with Crippen LogP contribution in [0.4, 0.5) is 0 Å². The van der Waals surface area contributed by atoms with Crippen LogP contribution in [0.2, 0.25) is 0 Å². The Hall–Kier alpha value is -1.27. The van der Waals surface area contributed by atoms with Crippen LogP contribution < -0.4 is 0 Å². The zero-order chi connectivity index (χ0) is 13.9. The first-order chi connectivity index (χ1) is 8.95. The van der Waals surface area contributed by atoms with Crippen molar-refractivity contribution >= 4 is 22.6 Å². The van der Waals surface area contributed by atoms with Gasteiger partial charge >= 0.3 is 0 Å². The van der Waals surface area contributed by atoms with Gasteiger partial charge in [-0.25, -0.2) is 0 Å². The summed E-state index contributed by atoms with van der Waals surface area (Å²) in [6.07, 6.45) is 0. The number of hydrogen-bond donors (Lipinski definition) is 0. The van der Waals surface area contributed by atoms with Gasteiger partial charge in [0.1, 0.15) is 0 Å². The lowest BCUT2D eigenvalue weighted by Gasteiger charge is -2.18. The second kappa shape index (κ2) is 5.79. The SMILES string of the molecule is CC(C)(C)c1ccc(C#Cc2ccc(I)cc2)cc1. The quantitative estimate of drug-likeness (QED) is 0.459. The van der Waals surface area contributed by atoms with Crippen LogP contribution >= 0.6 is 22.6 Å². The monoisotopic (exact) mass is 360 g/mol. The Labute approximate surface area is 129 Å². The minimum absolute atomic E-state index is 0.197. The van der Waals surface area contributed by atoms with Crippen molar-refractivity contribution in [3.8, 4) is 11.8 Å². The second-order valence-electron chi connectivity index (χ2n) is 5.58. The molecule has 1 heteroatoms. The number of hydrogen-bond acceptors (Lipinski definition) is 0. The van der Waals surface area contributed by atoms with Gasteiger partial charge in [-0.15, -0.1) is 0 Å². The third-order valence-electron chi connectivity index (χ3n) is 2.95. The molecule has 0 atom stereocenters. The van der Waals surface area contributed by atoms with Crippen LogP contribution in [-0.4, -0.2) is 0 Å². The fraction of sp³-hybridized carbons (Fsp3) is 0.222. The van der Waals surface area contributed by atoms with E-state index in [4.69, 9.17) is 0 Å². The van der Waals surface area contributed by atoms with Crippen LogP contribution in [0.25, 0.3) is 0 Å². The van der Waals surface area contributed by atoms with E-state index in [2.05, 4.69) is 104 Å². The molecule has 19 heavy (non-hydrogen) atoms. The normalized spacial score (nSPS) is 10.7. The second-order valence-corrected chi connectivity index (χ2v) is 6.83. The molecule has 0 aliphatic rings. The van der Waals surface area contributed by atoms with Crippen LogP contribution in [0.3, 0.4) is 0 Å². The summed E-state index contributed by atoms with van der Waals surface area (Å²) in [6.45, 7) is 6.66. The smallest absolute Gasteiger partial charge is 0.0249 e. The fourth-order valence-electron chi connectivity index (χ4n) is 1.73. The zero-order valence-electron chi connectivity index (χ0n) is 11.5. The zero-order valence-corrected chi connectivity index (χ0v) is 13.7. The molecule has 0 bridgehead atoms. The molecular formula is C18H17I. The molecule has 0 aliphatic heterocycles. The summed E-state index contributed by atoms with van der Waals surface area (Å²) in [4.78, 5) is 0. The van der Waals surface area contributed by atoms with Crippen molar-refractivity contribution in [2.75, 3.05) is 0 Å². The molecule has 0 saturated heterocycles. The van der Waals surface area contributed by atoms with E-state index >= 15 is 0 Å². The first kappa shape index (κ1) is 14.1. The van der Waals surface area contributed by atoms with Crippen LogP contribution in [0.1, 0.15) is 37.5 Å². The standard InChI is InChI=1S/C18H17I/c1-18(2,3)16-10-6-14(7-11-16)4-5-15-8-12-17(19)13-9-15/h6-13H,1-3H3. The minimum atomic E-state index is 0.197. The summed E-state index contributed by atoms with van der Waals surface area (Å²) in [5.74, 6) is 6.40. The molecule has 0 amide bonds. The summed E-state index contributed by atoms with van der Waals surface area (Å²) in [5.41, 5.74) is 3.65. The van der Waals surface area contributed by atoms with Crippen LogP contribution in [-0.2, 0) is 5.41 Å². The molecule has 0 aromatic heterocycles. The lowest BCUT2D eigenvalue weighted by molar-refractivity contribution is 0.590. The molecule has 0 fully saturated rings. The van der Waals surface area contributed by atoms with Gasteiger partial charge in [0.05, 0.1) is 0 Å². The van der Waals surface area contributed by atoms with E-state index < -0.39 is 0 Å². The van der Waals surface area contributed by atoms with Gasteiger partial charge in [0.2, 0.25) is 0 Å². The average molecular weight is 360 g/mol. The average Bonchev–Trinajstić information content (AvgIpc) is 2.37. The van der Waals surface area contributed by atoms with Crippen molar-refractivity contribution in [3.63, 3.8) is 0 Å². The maximum atomic E-state index is 3.21. The molecule has 2 aromatic rings. The summed E-state index contributed by atoms with van der Waals surface area (Å²) >= 11 is 2.30. The molecule has 0 radical (unpaired) electrons. The Morgan fingerprint density at radius 3 is 1.58 bits per heavy atom. The number of halogens is 1. The highest BCUT2D eigenvalue weighted by atomic mass is 127. The molecule has 0 aliphatic carbocycles. The number of rotatable bonds is 0. The summed E-state index contributed by atoms with van der Waals surface area (Å²) < 4.78 is 1.23. The van der Waals surface area contributed by atoms with Crippen LogP contribution in [0, 0.1) is 15.4 Å².